The molecule has 0 saturated carbocycles. The van der Waals surface area contributed by atoms with Crippen LogP contribution in [-0.4, -0.2) is 64.3 Å². The number of hydrogen-bond donors (Lipinski definition) is 1. The molecule has 2 rings (SSSR count). The highest BCUT2D eigenvalue weighted by Crippen LogP contribution is 2.18. The van der Waals surface area contributed by atoms with Crippen LogP contribution in [0.5, 0.6) is 0 Å². The molecule has 0 unspecified atom stereocenters. The van der Waals surface area contributed by atoms with Crippen molar-refractivity contribution in [3.05, 3.63) is 30.3 Å². The fourth-order valence-corrected chi connectivity index (χ4v) is 4.14. The van der Waals surface area contributed by atoms with E-state index in [1.165, 1.54) is 0 Å². The minimum absolute atomic E-state index is 0.00464. The molecule has 1 aliphatic heterocycles. The average Bonchev–Trinajstić information content (AvgIpc) is 2.66. The Labute approximate surface area is 155 Å². The summed E-state index contributed by atoms with van der Waals surface area (Å²) in [6, 6.07) is 8.42. The van der Waals surface area contributed by atoms with Gasteiger partial charge in [-0.15, -0.1) is 0 Å². The molecule has 1 aromatic rings. The molecule has 0 amide bonds. The Morgan fingerprint density at radius 1 is 1.27 bits per heavy atom. The van der Waals surface area contributed by atoms with E-state index in [4.69, 9.17) is 4.74 Å². The van der Waals surface area contributed by atoms with Crippen LogP contribution in [0.1, 0.15) is 19.8 Å². The molecule has 0 radical (unpaired) electrons. The average molecular weight is 381 g/mol. The van der Waals surface area contributed by atoms with Gasteiger partial charge in [-0.3, -0.25) is 9.79 Å². The summed E-state index contributed by atoms with van der Waals surface area (Å²) < 4.78 is 29.7. The summed E-state index contributed by atoms with van der Waals surface area (Å²) in [5.74, 6) is 0.456. The molecule has 0 atom stereocenters. The fourth-order valence-electron chi connectivity index (χ4n) is 2.96. The van der Waals surface area contributed by atoms with E-state index >= 15 is 0 Å². The van der Waals surface area contributed by atoms with Gasteiger partial charge in [-0.1, -0.05) is 18.2 Å². The molecule has 0 spiro atoms. The van der Waals surface area contributed by atoms with Crippen LogP contribution in [0.2, 0.25) is 0 Å². The standard InChI is InChI=1S/C18H27N3O4S/c1-3-25-17(22)15-9-12-21(13-10-15)18(19-2)20-11-14-26(23,24)16-7-5-4-6-8-16/h4-8,15H,3,9-14H2,1-2H3,(H,19,20). The van der Waals surface area contributed by atoms with Crippen LogP contribution in [-0.2, 0) is 19.4 Å². The summed E-state index contributed by atoms with van der Waals surface area (Å²) in [6.07, 6.45) is 1.42. The zero-order chi connectivity index (χ0) is 19.0. The second-order valence-electron chi connectivity index (χ2n) is 6.12. The molecule has 0 aliphatic carbocycles. The lowest BCUT2D eigenvalue weighted by molar-refractivity contribution is -0.149. The minimum atomic E-state index is -3.32. The Hall–Kier alpha value is -2.09. The number of esters is 1. The number of nitrogens with one attached hydrogen (secondary N) is 1. The third-order valence-electron chi connectivity index (χ3n) is 4.38. The third kappa shape index (κ3) is 5.45. The van der Waals surface area contributed by atoms with Crippen molar-refractivity contribution in [2.45, 2.75) is 24.7 Å². The lowest BCUT2D eigenvalue weighted by Gasteiger charge is -2.33. The number of rotatable bonds is 6. The molecule has 7 nitrogen and oxygen atoms in total. The summed E-state index contributed by atoms with van der Waals surface area (Å²) >= 11 is 0. The van der Waals surface area contributed by atoms with Gasteiger partial charge in [0.2, 0.25) is 0 Å². The number of carbonyl (C=O) groups is 1. The molecule has 1 aliphatic rings. The van der Waals surface area contributed by atoms with Crippen LogP contribution in [0.4, 0.5) is 0 Å². The number of guanidine groups is 1. The Morgan fingerprint density at radius 2 is 1.92 bits per heavy atom. The summed E-state index contributed by atoms with van der Waals surface area (Å²) in [4.78, 5) is 18.4. The number of aliphatic imine (C=N–C) groups is 1. The van der Waals surface area contributed by atoms with Gasteiger partial charge in [-0.05, 0) is 31.9 Å². The second kappa shape index (κ2) is 9.56. The molecule has 1 heterocycles. The van der Waals surface area contributed by atoms with Crippen molar-refractivity contribution < 1.29 is 17.9 Å². The number of sulfone groups is 1. The van der Waals surface area contributed by atoms with Gasteiger partial charge in [0, 0.05) is 26.7 Å². The highest BCUT2D eigenvalue weighted by atomic mass is 32.2. The summed E-state index contributed by atoms with van der Waals surface area (Å²) in [7, 11) is -1.65. The van der Waals surface area contributed by atoms with E-state index in [9.17, 15) is 13.2 Å². The van der Waals surface area contributed by atoms with Gasteiger partial charge in [0.25, 0.3) is 0 Å². The third-order valence-corrected chi connectivity index (χ3v) is 6.11. The van der Waals surface area contributed by atoms with E-state index in [-0.39, 0.29) is 24.2 Å². The van der Waals surface area contributed by atoms with E-state index < -0.39 is 9.84 Å². The largest absolute Gasteiger partial charge is 0.466 e. The van der Waals surface area contributed by atoms with Gasteiger partial charge in [-0.25, -0.2) is 8.42 Å². The summed E-state index contributed by atoms with van der Waals surface area (Å²) in [5, 5.41) is 3.11. The first-order valence-electron chi connectivity index (χ1n) is 8.88. The molecule has 1 saturated heterocycles. The molecular weight excluding hydrogens is 354 g/mol. The number of ether oxygens (including phenoxy) is 1. The SMILES string of the molecule is CCOC(=O)C1CCN(C(=NC)NCCS(=O)(=O)c2ccccc2)CC1. The van der Waals surface area contributed by atoms with Crippen LogP contribution in [0.15, 0.2) is 40.2 Å². The predicted molar refractivity (Wildman–Crippen MR) is 101 cm³/mol. The van der Waals surface area contributed by atoms with E-state index in [1.54, 1.807) is 37.4 Å². The molecular formula is C18H27N3O4S. The van der Waals surface area contributed by atoms with Crippen LogP contribution >= 0.6 is 0 Å². The molecule has 1 aromatic carbocycles. The molecule has 1 N–H and O–H groups in total. The molecule has 8 heteroatoms. The van der Waals surface area contributed by atoms with Gasteiger partial charge in [0.15, 0.2) is 15.8 Å². The first-order valence-corrected chi connectivity index (χ1v) is 10.5. The predicted octanol–water partition coefficient (Wildman–Crippen LogP) is 1.31. The number of likely N-dealkylation sites (tertiary alicyclic amines) is 1. The number of benzene rings is 1. The quantitative estimate of drug-likeness (QED) is 0.454. The first-order chi connectivity index (χ1) is 12.5. The minimum Gasteiger partial charge on any atom is -0.466 e. The maximum absolute atomic E-state index is 12.3. The van der Waals surface area contributed by atoms with Gasteiger partial charge < -0.3 is 15.0 Å². The number of piperidine rings is 1. The number of carbonyl (C=O) groups excluding carboxylic acids is 1. The maximum Gasteiger partial charge on any atom is 0.309 e. The monoisotopic (exact) mass is 381 g/mol. The van der Waals surface area contributed by atoms with Crippen LogP contribution in [0.3, 0.4) is 0 Å². The van der Waals surface area contributed by atoms with Crippen LogP contribution in [0, 0.1) is 5.92 Å². The van der Waals surface area contributed by atoms with Gasteiger partial charge in [0.05, 0.1) is 23.2 Å². The van der Waals surface area contributed by atoms with Crippen molar-refractivity contribution in [3.63, 3.8) is 0 Å². The zero-order valence-electron chi connectivity index (χ0n) is 15.3. The summed E-state index contributed by atoms with van der Waals surface area (Å²) in [6.45, 7) is 3.87. The van der Waals surface area contributed by atoms with Gasteiger partial charge in [0.1, 0.15) is 0 Å². The zero-order valence-corrected chi connectivity index (χ0v) is 16.2. The number of nitrogens with zero attached hydrogens (tertiary/aromatic N) is 2. The topological polar surface area (TPSA) is 88.1 Å². The molecule has 1 fully saturated rings. The Morgan fingerprint density at radius 3 is 2.50 bits per heavy atom. The van der Waals surface area contributed by atoms with Crippen LogP contribution < -0.4 is 5.32 Å². The van der Waals surface area contributed by atoms with Crippen molar-refractivity contribution in [2.24, 2.45) is 10.9 Å². The summed E-state index contributed by atoms with van der Waals surface area (Å²) in [5.41, 5.74) is 0. The second-order valence-corrected chi connectivity index (χ2v) is 8.23. The van der Waals surface area contributed by atoms with Crippen molar-refractivity contribution in [1.82, 2.24) is 10.2 Å². The molecule has 0 bridgehead atoms. The van der Waals surface area contributed by atoms with Crippen molar-refractivity contribution >= 4 is 21.8 Å². The van der Waals surface area contributed by atoms with Crippen molar-refractivity contribution in [3.8, 4) is 0 Å². The normalized spacial score (nSPS) is 16.4. The smallest absolute Gasteiger partial charge is 0.309 e. The van der Waals surface area contributed by atoms with Crippen LogP contribution in [0.25, 0.3) is 0 Å². The lowest BCUT2D eigenvalue weighted by Crippen LogP contribution is -2.47. The Bertz CT molecular complexity index is 711. The van der Waals surface area contributed by atoms with Gasteiger partial charge >= 0.3 is 5.97 Å². The molecule has 144 valence electrons. The van der Waals surface area contributed by atoms with E-state index in [0.29, 0.717) is 43.4 Å². The fraction of sp³-hybridized carbons (Fsp3) is 0.556. The molecule has 26 heavy (non-hydrogen) atoms. The van der Waals surface area contributed by atoms with Crippen molar-refractivity contribution in [1.29, 1.82) is 0 Å². The molecule has 0 aromatic heterocycles. The van der Waals surface area contributed by atoms with E-state index in [1.807, 2.05) is 11.8 Å². The Kier molecular flexibility index (Phi) is 7.44. The van der Waals surface area contributed by atoms with Gasteiger partial charge in [-0.2, -0.15) is 0 Å². The van der Waals surface area contributed by atoms with Crippen molar-refractivity contribution in [2.75, 3.05) is 39.0 Å². The maximum atomic E-state index is 12.3. The number of hydrogen-bond acceptors (Lipinski definition) is 5. The van der Waals surface area contributed by atoms with E-state index in [2.05, 4.69) is 10.3 Å². The Balaban J connectivity index is 1.83. The highest BCUT2D eigenvalue weighted by Gasteiger charge is 2.27. The lowest BCUT2D eigenvalue weighted by atomic mass is 9.97. The van der Waals surface area contributed by atoms with E-state index in [0.717, 1.165) is 0 Å². The highest BCUT2D eigenvalue weighted by molar-refractivity contribution is 7.91. The first kappa shape index (κ1) is 20.2.